The molecular formula is C25H48O3. The fourth-order valence-electron chi connectivity index (χ4n) is 4.30. The summed E-state index contributed by atoms with van der Waals surface area (Å²) in [4.78, 5) is 13.4. The highest BCUT2D eigenvalue weighted by atomic mass is 16.7. The number of ether oxygens (including phenoxy) is 2. The molecule has 166 valence electrons. The van der Waals surface area contributed by atoms with E-state index < -0.39 is 5.41 Å². The lowest BCUT2D eigenvalue weighted by molar-refractivity contribution is -0.218. The number of hydrogen-bond acceptors (Lipinski definition) is 3. The number of rotatable bonds is 12. The number of hydrogen-bond donors (Lipinski definition) is 0. The van der Waals surface area contributed by atoms with Crippen LogP contribution in [0.5, 0.6) is 0 Å². The number of carbonyl (C=O) groups is 1. The third-order valence-electron chi connectivity index (χ3n) is 7.13. The van der Waals surface area contributed by atoms with E-state index >= 15 is 0 Å². The van der Waals surface area contributed by atoms with Gasteiger partial charge < -0.3 is 9.47 Å². The Balaban J connectivity index is 2.94. The summed E-state index contributed by atoms with van der Waals surface area (Å²) in [5.41, 5.74) is -0.365. The maximum Gasteiger partial charge on any atom is 0.314 e. The lowest BCUT2D eigenvalue weighted by Gasteiger charge is -2.40. The maximum atomic E-state index is 13.4. The fourth-order valence-corrected chi connectivity index (χ4v) is 4.30. The molecule has 0 radical (unpaired) electrons. The van der Waals surface area contributed by atoms with E-state index in [-0.39, 0.29) is 29.7 Å². The monoisotopic (exact) mass is 396 g/mol. The van der Waals surface area contributed by atoms with Crippen molar-refractivity contribution in [3.8, 4) is 0 Å². The van der Waals surface area contributed by atoms with Gasteiger partial charge in [-0.25, -0.2) is 0 Å². The van der Waals surface area contributed by atoms with Crippen molar-refractivity contribution in [2.24, 2.45) is 22.7 Å². The van der Waals surface area contributed by atoms with Crippen molar-refractivity contribution in [1.82, 2.24) is 0 Å². The topological polar surface area (TPSA) is 35.5 Å². The summed E-state index contributed by atoms with van der Waals surface area (Å²) in [6.45, 7) is 17.4. The minimum absolute atomic E-state index is 0.0673. The lowest BCUT2D eigenvalue weighted by atomic mass is 9.67. The van der Waals surface area contributed by atoms with Gasteiger partial charge in [0.25, 0.3) is 0 Å². The predicted octanol–water partition coefficient (Wildman–Crippen LogP) is 7.52. The van der Waals surface area contributed by atoms with E-state index in [2.05, 4.69) is 55.4 Å². The molecule has 0 aromatic rings. The van der Waals surface area contributed by atoms with Crippen molar-refractivity contribution in [3.05, 3.63) is 0 Å². The first-order chi connectivity index (χ1) is 13.1. The highest BCUT2D eigenvalue weighted by Crippen LogP contribution is 2.43. The van der Waals surface area contributed by atoms with E-state index in [0.717, 1.165) is 38.5 Å². The minimum atomic E-state index is -0.484. The Morgan fingerprint density at radius 3 is 2.14 bits per heavy atom. The third kappa shape index (κ3) is 7.69. The van der Waals surface area contributed by atoms with Gasteiger partial charge in [-0.1, -0.05) is 80.1 Å². The van der Waals surface area contributed by atoms with Gasteiger partial charge in [0.15, 0.2) is 0 Å². The van der Waals surface area contributed by atoms with Gasteiger partial charge in [-0.2, -0.15) is 0 Å². The van der Waals surface area contributed by atoms with E-state index in [4.69, 9.17) is 9.47 Å². The van der Waals surface area contributed by atoms with Crippen LogP contribution in [0.4, 0.5) is 0 Å². The smallest absolute Gasteiger partial charge is 0.314 e. The average molecular weight is 397 g/mol. The van der Waals surface area contributed by atoms with Crippen LogP contribution in [0, 0.1) is 22.7 Å². The average Bonchev–Trinajstić information content (AvgIpc) is 2.65. The number of esters is 1. The van der Waals surface area contributed by atoms with Crippen molar-refractivity contribution >= 4 is 5.97 Å². The Hall–Kier alpha value is -0.570. The zero-order valence-electron chi connectivity index (χ0n) is 20.1. The Morgan fingerprint density at radius 1 is 1.04 bits per heavy atom. The van der Waals surface area contributed by atoms with Crippen molar-refractivity contribution < 1.29 is 14.3 Å². The lowest BCUT2D eigenvalue weighted by Crippen LogP contribution is -2.43. The maximum absolute atomic E-state index is 13.4. The molecule has 0 N–H and O–H groups in total. The summed E-state index contributed by atoms with van der Waals surface area (Å²) < 4.78 is 12.5. The van der Waals surface area contributed by atoms with Gasteiger partial charge >= 0.3 is 5.97 Å². The van der Waals surface area contributed by atoms with Crippen molar-refractivity contribution in [2.75, 3.05) is 0 Å². The van der Waals surface area contributed by atoms with Crippen LogP contribution in [0.1, 0.15) is 120 Å². The van der Waals surface area contributed by atoms with Gasteiger partial charge in [0.05, 0.1) is 11.5 Å². The second-order valence-corrected chi connectivity index (χ2v) is 10.5. The van der Waals surface area contributed by atoms with Crippen LogP contribution in [-0.2, 0) is 14.3 Å². The molecule has 0 amide bonds. The van der Waals surface area contributed by atoms with Gasteiger partial charge in [0, 0.05) is 5.92 Å². The third-order valence-corrected chi connectivity index (χ3v) is 7.13. The van der Waals surface area contributed by atoms with Crippen molar-refractivity contribution in [1.29, 1.82) is 0 Å². The van der Waals surface area contributed by atoms with E-state index in [9.17, 15) is 4.79 Å². The molecular weight excluding hydrogens is 348 g/mol. The van der Waals surface area contributed by atoms with Crippen LogP contribution in [0.2, 0.25) is 0 Å². The standard InChI is InChI=1S/C25H48O3/c1-9-11-15-20(5)27-22(21-16-13-12-14-17-21)28-23(26)25(8,19(3)4)18-24(6,7)10-2/h19-22H,9-18H2,1-8H3. The summed E-state index contributed by atoms with van der Waals surface area (Å²) in [5.74, 6) is 0.509. The highest BCUT2D eigenvalue weighted by Gasteiger charge is 2.44. The molecule has 0 bridgehead atoms. The molecule has 0 spiro atoms. The zero-order chi connectivity index (χ0) is 21.4. The molecule has 1 rings (SSSR count). The van der Waals surface area contributed by atoms with E-state index in [0.29, 0.717) is 5.92 Å². The predicted molar refractivity (Wildman–Crippen MR) is 118 cm³/mol. The molecule has 0 saturated heterocycles. The van der Waals surface area contributed by atoms with E-state index in [1.165, 1.54) is 25.7 Å². The Kier molecular flexibility index (Phi) is 10.5. The molecule has 1 aliphatic rings. The highest BCUT2D eigenvalue weighted by molar-refractivity contribution is 5.77. The molecule has 0 heterocycles. The zero-order valence-corrected chi connectivity index (χ0v) is 20.1. The van der Waals surface area contributed by atoms with Gasteiger partial charge in [0.2, 0.25) is 6.29 Å². The first-order valence-corrected chi connectivity index (χ1v) is 11.9. The first-order valence-electron chi connectivity index (χ1n) is 11.9. The summed E-state index contributed by atoms with van der Waals surface area (Å²) >= 11 is 0. The molecule has 3 heteroatoms. The quantitative estimate of drug-likeness (QED) is 0.253. The summed E-state index contributed by atoms with van der Waals surface area (Å²) in [6, 6.07) is 0. The molecule has 28 heavy (non-hydrogen) atoms. The van der Waals surface area contributed by atoms with Gasteiger partial charge in [-0.15, -0.1) is 0 Å². The van der Waals surface area contributed by atoms with Crippen LogP contribution >= 0.6 is 0 Å². The fraction of sp³-hybridized carbons (Fsp3) is 0.960. The second kappa shape index (κ2) is 11.6. The second-order valence-electron chi connectivity index (χ2n) is 10.5. The largest absolute Gasteiger partial charge is 0.435 e. The molecule has 3 nitrogen and oxygen atoms in total. The van der Waals surface area contributed by atoms with E-state index in [1.807, 2.05) is 0 Å². The van der Waals surface area contributed by atoms with Crippen LogP contribution in [0.3, 0.4) is 0 Å². The molecule has 3 unspecified atom stereocenters. The Labute approximate surface area is 175 Å². The number of unbranched alkanes of at least 4 members (excludes halogenated alkanes) is 1. The van der Waals surface area contributed by atoms with Gasteiger partial charge in [-0.05, 0) is 50.9 Å². The van der Waals surface area contributed by atoms with E-state index in [1.54, 1.807) is 0 Å². The summed E-state index contributed by atoms with van der Waals surface area (Å²) in [7, 11) is 0. The van der Waals surface area contributed by atoms with Gasteiger partial charge in [0.1, 0.15) is 0 Å². The molecule has 3 atom stereocenters. The van der Waals surface area contributed by atoms with Crippen LogP contribution in [0.15, 0.2) is 0 Å². The summed E-state index contributed by atoms with van der Waals surface area (Å²) in [6.07, 6.45) is 10.9. The Bertz CT molecular complexity index is 451. The van der Waals surface area contributed by atoms with Crippen LogP contribution < -0.4 is 0 Å². The number of carbonyl (C=O) groups excluding carboxylic acids is 1. The molecule has 1 aliphatic carbocycles. The molecule has 1 saturated carbocycles. The van der Waals surface area contributed by atoms with Crippen molar-refractivity contribution in [2.45, 2.75) is 132 Å². The normalized spacial score (nSPS) is 20.6. The summed E-state index contributed by atoms with van der Waals surface area (Å²) in [5, 5.41) is 0. The first kappa shape index (κ1) is 25.5. The van der Waals surface area contributed by atoms with Crippen LogP contribution in [-0.4, -0.2) is 18.4 Å². The van der Waals surface area contributed by atoms with Crippen LogP contribution in [0.25, 0.3) is 0 Å². The Morgan fingerprint density at radius 2 is 1.64 bits per heavy atom. The molecule has 0 aromatic carbocycles. The van der Waals surface area contributed by atoms with Gasteiger partial charge in [-0.3, -0.25) is 4.79 Å². The molecule has 1 fully saturated rings. The minimum Gasteiger partial charge on any atom is -0.435 e. The molecule has 0 aliphatic heterocycles. The van der Waals surface area contributed by atoms with Crippen molar-refractivity contribution in [3.63, 3.8) is 0 Å². The SMILES string of the molecule is CCCCC(C)OC(OC(=O)C(C)(CC(C)(C)CC)C(C)C)C1CCCCC1. The molecule has 0 aromatic heterocycles.